The van der Waals surface area contributed by atoms with Crippen LogP contribution >= 0.6 is 0 Å². The predicted octanol–water partition coefficient (Wildman–Crippen LogP) is 1.91. The molecule has 2 aromatic heterocycles. The molecular weight excluding hydrogens is 356 g/mol. The summed E-state index contributed by atoms with van der Waals surface area (Å²) in [4.78, 5) is 13.9. The maximum absolute atomic E-state index is 11.6. The Hall–Kier alpha value is -3.00. The Balaban J connectivity index is 1.65. The van der Waals surface area contributed by atoms with Gasteiger partial charge < -0.3 is 10.2 Å². The number of rotatable bonds is 6. The number of furan rings is 1. The lowest BCUT2D eigenvalue weighted by molar-refractivity contribution is -0.123. The number of amides is 1. The van der Waals surface area contributed by atoms with Crippen LogP contribution in [0, 0.1) is 12.8 Å². The Morgan fingerprint density at radius 2 is 2.00 bits per heavy atom. The number of hydrogen-bond acceptors (Lipinski definition) is 6. The lowest BCUT2D eigenvalue weighted by Gasteiger charge is -2.36. The number of hydrogen-bond donors (Lipinski definition) is 1. The molecular formula is C20H24N6O2. The number of carbonyl (C=O) groups is 1. The highest BCUT2D eigenvalue weighted by Gasteiger charge is 2.32. The average molecular weight is 380 g/mol. The molecule has 0 aliphatic carbocycles. The van der Waals surface area contributed by atoms with Crippen LogP contribution in [0.3, 0.4) is 0 Å². The minimum atomic E-state index is -0.214. The third-order valence-corrected chi connectivity index (χ3v) is 5.38. The third kappa shape index (κ3) is 3.82. The van der Waals surface area contributed by atoms with E-state index in [4.69, 9.17) is 10.2 Å². The molecule has 4 rings (SSSR count). The Morgan fingerprint density at radius 3 is 2.64 bits per heavy atom. The standard InChI is InChI=1S/C20H24N6O2/c1-14-4-6-15(7-5-14)18(25-10-8-16(9-11-25)19(21)27)20-22-23-24-26(20)13-17-3-2-12-28-17/h2-7,12,16,18H,8-11,13H2,1H3,(H2,21,27). The molecule has 2 N–H and O–H groups in total. The van der Waals surface area contributed by atoms with Gasteiger partial charge in [-0.05, 0) is 61.0 Å². The molecule has 0 bridgehead atoms. The van der Waals surface area contributed by atoms with Crippen LogP contribution in [0.5, 0.6) is 0 Å². The molecule has 0 radical (unpaired) electrons. The van der Waals surface area contributed by atoms with Crippen molar-refractivity contribution in [2.75, 3.05) is 13.1 Å². The molecule has 1 saturated heterocycles. The highest BCUT2D eigenvalue weighted by Crippen LogP contribution is 2.31. The van der Waals surface area contributed by atoms with Crippen molar-refractivity contribution in [2.45, 2.75) is 32.4 Å². The molecule has 1 fully saturated rings. The largest absolute Gasteiger partial charge is 0.467 e. The molecule has 28 heavy (non-hydrogen) atoms. The topological polar surface area (TPSA) is 103 Å². The van der Waals surface area contributed by atoms with E-state index in [0.717, 1.165) is 43.1 Å². The number of likely N-dealkylation sites (tertiary alicyclic amines) is 1. The van der Waals surface area contributed by atoms with E-state index in [1.165, 1.54) is 5.56 Å². The number of tetrazole rings is 1. The van der Waals surface area contributed by atoms with E-state index < -0.39 is 0 Å². The normalized spacial score (nSPS) is 16.9. The van der Waals surface area contributed by atoms with Crippen molar-refractivity contribution < 1.29 is 9.21 Å². The Bertz CT molecular complexity index is 911. The summed E-state index contributed by atoms with van der Waals surface area (Å²) in [7, 11) is 0. The molecule has 0 saturated carbocycles. The van der Waals surface area contributed by atoms with Crippen LogP contribution in [0.25, 0.3) is 0 Å². The molecule has 146 valence electrons. The second-order valence-electron chi connectivity index (χ2n) is 7.30. The number of primary amides is 1. The number of aryl methyl sites for hydroxylation is 1. The van der Waals surface area contributed by atoms with Gasteiger partial charge in [-0.15, -0.1) is 5.10 Å². The van der Waals surface area contributed by atoms with Crippen LogP contribution < -0.4 is 5.73 Å². The zero-order valence-electron chi connectivity index (χ0n) is 15.9. The fourth-order valence-corrected chi connectivity index (χ4v) is 3.78. The van der Waals surface area contributed by atoms with E-state index in [9.17, 15) is 4.79 Å². The van der Waals surface area contributed by atoms with Crippen molar-refractivity contribution >= 4 is 5.91 Å². The molecule has 1 unspecified atom stereocenters. The monoisotopic (exact) mass is 380 g/mol. The first-order valence-electron chi connectivity index (χ1n) is 9.50. The summed E-state index contributed by atoms with van der Waals surface area (Å²) in [5.74, 6) is 1.28. The number of nitrogens with zero attached hydrogens (tertiary/aromatic N) is 5. The van der Waals surface area contributed by atoms with E-state index >= 15 is 0 Å². The van der Waals surface area contributed by atoms with Gasteiger partial charge in [0, 0.05) is 5.92 Å². The van der Waals surface area contributed by atoms with Gasteiger partial charge in [-0.25, -0.2) is 4.68 Å². The molecule has 8 heteroatoms. The lowest BCUT2D eigenvalue weighted by Crippen LogP contribution is -2.41. The molecule has 1 aromatic carbocycles. The summed E-state index contributed by atoms with van der Waals surface area (Å²) in [6.07, 6.45) is 3.14. The van der Waals surface area contributed by atoms with Gasteiger partial charge in [0.1, 0.15) is 12.3 Å². The Labute approximate surface area is 163 Å². The molecule has 1 aliphatic rings. The van der Waals surface area contributed by atoms with Crippen LogP contribution in [-0.2, 0) is 11.3 Å². The van der Waals surface area contributed by atoms with Crippen LogP contribution in [0.1, 0.15) is 41.6 Å². The van der Waals surface area contributed by atoms with Crippen LogP contribution in [-0.4, -0.2) is 44.1 Å². The minimum absolute atomic E-state index is 0.0611. The molecule has 3 aromatic rings. The van der Waals surface area contributed by atoms with Crippen molar-refractivity contribution in [1.29, 1.82) is 0 Å². The second-order valence-corrected chi connectivity index (χ2v) is 7.30. The van der Waals surface area contributed by atoms with Crippen LogP contribution in [0.15, 0.2) is 47.1 Å². The number of aromatic nitrogens is 4. The smallest absolute Gasteiger partial charge is 0.220 e. The highest BCUT2D eigenvalue weighted by atomic mass is 16.3. The Morgan fingerprint density at radius 1 is 1.25 bits per heavy atom. The van der Waals surface area contributed by atoms with Gasteiger partial charge >= 0.3 is 0 Å². The van der Waals surface area contributed by atoms with E-state index in [1.807, 2.05) is 12.1 Å². The first kappa shape index (κ1) is 18.4. The van der Waals surface area contributed by atoms with Gasteiger partial charge in [0.05, 0.1) is 12.3 Å². The molecule has 3 heterocycles. The summed E-state index contributed by atoms with van der Waals surface area (Å²) in [6.45, 7) is 4.06. The SMILES string of the molecule is Cc1ccc(C(c2nnnn2Cc2ccco2)N2CCC(C(N)=O)CC2)cc1. The number of piperidine rings is 1. The predicted molar refractivity (Wildman–Crippen MR) is 102 cm³/mol. The maximum atomic E-state index is 11.6. The van der Waals surface area contributed by atoms with Crippen molar-refractivity contribution in [3.8, 4) is 0 Å². The van der Waals surface area contributed by atoms with Gasteiger partial charge in [-0.3, -0.25) is 9.69 Å². The van der Waals surface area contributed by atoms with E-state index in [1.54, 1.807) is 10.9 Å². The number of carbonyl (C=O) groups excluding carboxylic acids is 1. The molecule has 1 aliphatic heterocycles. The zero-order chi connectivity index (χ0) is 19.5. The molecule has 0 spiro atoms. The van der Waals surface area contributed by atoms with Crippen molar-refractivity contribution in [1.82, 2.24) is 25.1 Å². The van der Waals surface area contributed by atoms with Crippen LogP contribution in [0.4, 0.5) is 0 Å². The average Bonchev–Trinajstić information content (AvgIpc) is 3.37. The quantitative estimate of drug-likeness (QED) is 0.701. The second kappa shape index (κ2) is 7.93. The Kier molecular flexibility index (Phi) is 5.21. The number of benzene rings is 1. The van der Waals surface area contributed by atoms with Gasteiger partial charge in [0.15, 0.2) is 5.82 Å². The first-order valence-corrected chi connectivity index (χ1v) is 9.50. The van der Waals surface area contributed by atoms with Gasteiger partial charge in [0.2, 0.25) is 5.91 Å². The highest BCUT2D eigenvalue weighted by molar-refractivity contribution is 5.76. The van der Waals surface area contributed by atoms with Gasteiger partial charge in [-0.1, -0.05) is 29.8 Å². The minimum Gasteiger partial charge on any atom is -0.467 e. The van der Waals surface area contributed by atoms with Gasteiger partial charge in [0.25, 0.3) is 0 Å². The van der Waals surface area contributed by atoms with E-state index in [-0.39, 0.29) is 17.9 Å². The summed E-state index contributed by atoms with van der Waals surface area (Å²) < 4.78 is 7.25. The van der Waals surface area contributed by atoms with E-state index in [0.29, 0.717) is 6.54 Å². The summed E-state index contributed by atoms with van der Waals surface area (Å²) in [5.41, 5.74) is 7.83. The summed E-state index contributed by atoms with van der Waals surface area (Å²) in [5, 5.41) is 12.5. The van der Waals surface area contributed by atoms with Gasteiger partial charge in [-0.2, -0.15) is 0 Å². The molecule has 1 atom stereocenters. The van der Waals surface area contributed by atoms with Crippen molar-refractivity contribution in [3.05, 3.63) is 65.4 Å². The van der Waals surface area contributed by atoms with Crippen LogP contribution in [0.2, 0.25) is 0 Å². The molecule has 1 amide bonds. The maximum Gasteiger partial charge on any atom is 0.220 e. The first-order chi connectivity index (χ1) is 13.6. The summed E-state index contributed by atoms with van der Waals surface area (Å²) in [6, 6.07) is 12.1. The van der Waals surface area contributed by atoms with Crippen molar-refractivity contribution in [3.63, 3.8) is 0 Å². The number of nitrogens with two attached hydrogens (primary N) is 1. The van der Waals surface area contributed by atoms with Crippen molar-refractivity contribution in [2.24, 2.45) is 11.7 Å². The third-order valence-electron chi connectivity index (χ3n) is 5.38. The fourth-order valence-electron chi connectivity index (χ4n) is 3.78. The lowest BCUT2D eigenvalue weighted by atomic mass is 9.93. The zero-order valence-corrected chi connectivity index (χ0v) is 15.9. The fraction of sp³-hybridized carbons (Fsp3) is 0.400. The van der Waals surface area contributed by atoms with E-state index in [2.05, 4.69) is 51.6 Å². The summed E-state index contributed by atoms with van der Waals surface area (Å²) >= 11 is 0. The molecule has 8 nitrogen and oxygen atoms in total.